The number of halogens is 5. The molecule has 192 valence electrons. The SMILES string of the molecule is FS(F)(F)(F)(F)c1ccc(C=Cc2nc(COc3ccc(CCCCn4ccnn4)cc3)co2)cc1. The van der Waals surface area contributed by atoms with Gasteiger partial charge in [0.25, 0.3) is 0 Å². The zero-order valence-corrected chi connectivity index (χ0v) is 19.8. The maximum Gasteiger partial charge on any atom is 0.310 e. The van der Waals surface area contributed by atoms with Gasteiger partial charge in [0.05, 0.1) is 6.20 Å². The Morgan fingerprint density at radius 3 is 2.33 bits per heavy atom. The van der Waals surface area contributed by atoms with E-state index in [2.05, 4.69) is 15.3 Å². The molecule has 12 heteroatoms. The molecule has 2 aromatic heterocycles. The maximum atomic E-state index is 12.8. The van der Waals surface area contributed by atoms with E-state index in [1.54, 1.807) is 10.9 Å². The summed E-state index contributed by atoms with van der Waals surface area (Å²) in [5.41, 5.74) is 2.00. The molecular weight excluding hydrogens is 503 g/mol. The van der Waals surface area contributed by atoms with Crippen molar-refractivity contribution < 1.29 is 28.6 Å². The second-order valence-electron chi connectivity index (χ2n) is 8.10. The van der Waals surface area contributed by atoms with Crippen molar-refractivity contribution in [3.63, 3.8) is 0 Å². The lowest BCUT2D eigenvalue weighted by Gasteiger charge is -2.40. The first-order chi connectivity index (χ1) is 16.9. The fourth-order valence-corrected chi connectivity index (χ4v) is 3.98. The smallest absolute Gasteiger partial charge is 0.310 e. The van der Waals surface area contributed by atoms with Gasteiger partial charge in [-0.05, 0) is 60.7 Å². The summed E-state index contributed by atoms with van der Waals surface area (Å²) in [7, 11) is -9.68. The molecule has 0 saturated carbocycles. The van der Waals surface area contributed by atoms with Crippen molar-refractivity contribution in [2.24, 2.45) is 0 Å². The molecule has 0 N–H and O–H groups in total. The molecule has 0 bridgehead atoms. The van der Waals surface area contributed by atoms with E-state index in [1.165, 1.54) is 24.0 Å². The summed E-state index contributed by atoms with van der Waals surface area (Å²) in [6, 6.07) is 10.4. The number of unbranched alkanes of at least 4 members (excludes halogenated alkanes) is 1. The number of aromatic nitrogens is 4. The van der Waals surface area contributed by atoms with Crippen LogP contribution in [0.25, 0.3) is 12.2 Å². The van der Waals surface area contributed by atoms with E-state index in [1.807, 2.05) is 30.5 Å². The van der Waals surface area contributed by atoms with Gasteiger partial charge < -0.3 is 9.15 Å². The third kappa shape index (κ3) is 7.41. The number of rotatable bonds is 11. The van der Waals surface area contributed by atoms with Crippen LogP contribution in [0.1, 0.15) is 35.6 Å². The minimum atomic E-state index is -9.68. The number of ether oxygens (including phenoxy) is 1. The minimum Gasteiger partial charge on any atom is -0.487 e. The van der Waals surface area contributed by atoms with Crippen LogP contribution in [0.5, 0.6) is 5.75 Å². The lowest BCUT2D eigenvalue weighted by Crippen LogP contribution is -2.05. The zero-order valence-electron chi connectivity index (χ0n) is 18.9. The average molecular weight is 527 g/mol. The molecule has 0 aliphatic carbocycles. The van der Waals surface area contributed by atoms with Gasteiger partial charge in [-0.1, -0.05) is 48.9 Å². The first kappa shape index (κ1) is 25.4. The molecule has 0 amide bonds. The monoisotopic (exact) mass is 526 g/mol. The van der Waals surface area contributed by atoms with Crippen LogP contribution in [-0.2, 0) is 19.6 Å². The molecule has 4 rings (SSSR count). The van der Waals surface area contributed by atoms with E-state index in [9.17, 15) is 19.4 Å². The molecule has 4 aromatic rings. The zero-order chi connectivity index (χ0) is 25.7. The quantitative estimate of drug-likeness (QED) is 0.148. The van der Waals surface area contributed by atoms with E-state index < -0.39 is 15.1 Å². The predicted molar refractivity (Wildman–Crippen MR) is 127 cm³/mol. The van der Waals surface area contributed by atoms with Gasteiger partial charge in [0.15, 0.2) is 0 Å². The molecule has 0 unspecified atom stereocenters. The molecule has 0 saturated heterocycles. The van der Waals surface area contributed by atoms with Crippen molar-refractivity contribution in [1.82, 2.24) is 20.0 Å². The van der Waals surface area contributed by atoms with Gasteiger partial charge in [-0.2, -0.15) is 0 Å². The summed E-state index contributed by atoms with van der Waals surface area (Å²) in [4.78, 5) is 2.29. The van der Waals surface area contributed by atoms with Crippen molar-refractivity contribution in [3.8, 4) is 5.75 Å². The normalized spacial score (nSPS) is 14.0. The van der Waals surface area contributed by atoms with E-state index >= 15 is 0 Å². The maximum absolute atomic E-state index is 12.8. The Labute approximate surface area is 204 Å². The van der Waals surface area contributed by atoms with E-state index in [4.69, 9.17) is 9.15 Å². The number of nitrogens with zero attached hydrogens (tertiary/aromatic N) is 4. The highest BCUT2D eigenvalue weighted by atomic mass is 32.5. The van der Waals surface area contributed by atoms with Crippen molar-refractivity contribution in [2.75, 3.05) is 0 Å². The summed E-state index contributed by atoms with van der Waals surface area (Å²) in [6.07, 6.45) is 10.7. The molecule has 0 aliphatic rings. The Balaban J connectivity index is 1.23. The van der Waals surface area contributed by atoms with Gasteiger partial charge in [0, 0.05) is 18.8 Å². The van der Waals surface area contributed by atoms with Crippen LogP contribution in [0.15, 0.2) is 76.5 Å². The van der Waals surface area contributed by atoms with Gasteiger partial charge in [0.2, 0.25) is 5.89 Å². The second-order valence-corrected chi connectivity index (χ2v) is 10.5. The summed E-state index contributed by atoms with van der Waals surface area (Å²) >= 11 is 0. The van der Waals surface area contributed by atoms with E-state index in [-0.39, 0.29) is 18.1 Å². The molecule has 0 aliphatic heterocycles. The van der Waals surface area contributed by atoms with Gasteiger partial charge >= 0.3 is 10.2 Å². The fraction of sp³-hybridized carbons (Fsp3) is 0.208. The number of hydrogen-bond donors (Lipinski definition) is 0. The average Bonchev–Trinajstić information content (AvgIpc) is 3.51. The first-order valence-corrected chi connectivity index (χ1v) is 12.9. The van der Waals surface area contributed by atoms with Crippen LogP contribution in [-0.4, -0.2) is 20.0 Å². The number of oxazole rings is 1. The van der Waals surface area contributed by atoms with Gasteiger partial charge in [-0.25, -0.2) is 4.98 Å². The van der Waals surface area contributed by atoms with Crippen molar-refractivity contribution in [2.45, 2.75) is 37.3 Å². The van der Waals surface area contributed by atoms with Crippen LogP contribution in [0.3, 0.4) is 0 Å². The lowest BCUT2D eigenvalue weighted by molar-refractivity contribution is 0.301. The largest absolute Gasteiger partial charge is 0.487 e. The summed E-state index contributed by atoms with van der Waals surface area (Å²) < 4.78 is 76.8. The topological polar surface area (TPSA) is 66.0 Å². The number of aryl methyl sites for hydroxylation is 2. The highest BCUT2D eigenvalue weighted by Gasteiger charge is 2.65. The summed E-state index contributed by atoms with van der Waals surface area (Å²) in [6.45, 7) is 0.994. The van der Waals surface area contributed by atoms with Gasteiger partial charge in [0.1, 0.15) is 29.2 Å². The molecule has 0 radical (unpaired) electrons. The third-order valence-electron chi connectivity index (χ3n) is 5.20. The predicted octanol–water partition coefficient (Wildman–Crippen LogP) is 7.70. The van der Waals surface area contributed by atoms with Crippen LogP contribution in [0.4, 0.5) is 19.4 Å². The Hall–Kier alpha value is -3.67. The van der Waals surface area contributed by atoms with Gasteiger partial charge in [-0.3, -0.25) is 4.68 Å². The fourth-order valence-electron chi connectivity index (χ4n) is 3.33. The number of hydrogen-bond acceptors (Lipinski definition) is 5. The standard InChI is InChI=1S/C24H23F5N4O2S/c25-36(26,27,28,29)23-11-6-20(7-12-23)8-13-24-31-21(18-35-24)17-34-22-9-4-19(5-10-22)3-1-2-15-33-16-14-30-32-33/h4-14,16,18H,1-3,15,17H2. The molecular formula is C24H23F5N4O2S. The van der Waals surface area contributed by atoms with Crippen LogP contribution >= 0.6 is 10.2 Å². The Morgan fingerprint density at radius 2 is 1.67 bits per heavy atom. The van der Waals surface area contributed by atoms with Crippen molar-refractivity contribution in [3.05, 3.63) is 89.9 Å². The van der Waals surface area contributed by atoms with Crippen LogP contribution in [0.2, 0.25) is 0 Å². The molecule has 0 fully saturated rings. The Kier molecular flexibility index (Phi) is 6.65. The molecule has 0 atom stereocenters. The van der Waals surface area contributed by atoms with Crippen LogP contribution < -0.4 is 4.74 Å². The van der Waals surface area contributed by atoms with E-state index in [0.717, 1.165) is 37.9 Å². The van der Waals surface area contributed by atoms with Crippen LogP contribution in [0, 0.1) is 0 Å². The van der Waals surface area contributed by atoms with Crippen molar-refractivity contribution in [1.29, 1.82) is 0 Å². The second kappa shape index (κ2) is 9.41. The lowest BCUT2D eigenvalue weighted by atomic mass is 10.1. The number of benzene rings is 2. The third-order valence-corrected chi connectivity index (χ3v) is 6.36. The molecule has 6 nitrogen and oxygen atoms in total. The highest BCUT2D eigenvalue weighted by molar-refractivity contribution is 8.45. The summed E-state index contributed by atoms with van der Waals surface area (Å²) in [5, 5.41) is 7.71. The van der Waals surface area contributed by atoms with Gasteiger partial charge in [-0.15, -0.1) is 5.10 Å². The van der Waals surface area contributed by atoms with E-state index in [0.29, 0.717) is 23.6 Å². The minimum absolute atomic E-state index is 0.160. The highest BCUT2D eigenvalue weighted by Crippen LogP contribution is 3.02. The summed E-state index contributed by atoms with van der Waals surface area (Å²) in [5.74, 6) is 0.872. The first-order valence-electron chi connectivity index (χ1n) is 11.0. The Bertz CT molecular complexity index is 1310. The molecule has 2 heterocycles. The Morgan fingerprint density at radius 1 is 0.917 bits per heavy atom. The van der Waals surface area contributed by atoms with Crippen molar-refractivity contribution >= 4 is 22.4 Å². The molecule has 36 heavy (non-hydrogen) atoms. The molecule has 0 spiro atoms. The molecule has 2 aromatic carbocycles.